The third kappa shape index (κ3) is 14.0. The monoisotopic (exact) mass is 288 g/mol. The molecule has 0 spiro atoms. The van der Waals surface area contributed by atoms with E-state index in [2.05, 4.69) is 0 Å². The Kier molecular flexibility index (Phi) is 14.6. The SMILES string of the molecule is O=CC(O)CCCCCCCCCCCCC(O)CO. The summed E-state index contributed by atoms with van der Waals surface area (Å²) in [5.41, 5.74) is 0. The molecule has 0 amide bonds. The first-order valence-corrected chi connectivity index (χ1v) is 8.13. The molecule has 0 radical (unpaired) electrons. The lowest BCUT2D eigenvalue weighted by Crippen LogP contribution is -2.10. The van der Waals surface area contributed by atoms with Crippen molar-refractivity contribution in [2.24, 2.45) is 0 Å². The lowest BCUT2D eigenvalue weighted by molar-refractivity contribution is -0.115. The van der Waals surface area contributed by atoms with Gasteiger partial charge in [0, 0.05) is 0 Å². The summed E-state index contributed by atoms with van der Waals surface area (Å²) < 4.78 is 0. The van der Waals surface area contributed by atoms with E-state index in [4.69, 9.17) is 15.3 Å². The molecule has 0 aliphatic carbocycles. The molecule has 3 N–H and O–H groups in total. The van der Waals surface area contributed by atoms with Gasteiger partial charge in [-0.05, 0) is 12.8 Å². The second kappa shape index (κ2) is 14.9. The van der Waals surface area contributed by atoms with Gasteiger partial charge in [0.25, 0.3) is 0 Å². The van der Waals surface area contributed by atoms with E-state index >= 15 is 0 Å². The number of aldehydes is 1. The highest BCUT2D eigenvalue weighted by Crippen LogP contribution is 2.12. The average molecular weight is 288 g/mol. The van der Waals surface area contributed by atoms with Crippen LogP contribution in [0.1, 0.15) is 77.0 Å². The fraction of sp³-hybridized carbons (Fsp3) is 0.938. The highest BCUT2D eigenvalue weighted by molar-refractivity contribution is 5.55. The summed E-state index contributed by atoms with van der Waals surface area (Å²) in [6, 6.07) is 0. The summed E-state index contributed by atoms with van der Waals surface area (Å²) >= 11 is 0. The first-order valence-electron chi connectivity index (χ1n) is 8.13. The topological polar surface area (TPSA) is 77.8 Å². The van der Waals surface area contributed by atoms with Gasteiger partial charge in [-0.2, -0.15) is 0 Å². The van der Waals surface area contributed by atoms with Gasteiger partial charge in [0.15, 0.2) is 0 Å². The molecule has 2 atom stereocenters. The highest BCUT2D eigenvalue weighted by Gasteiger charge is 2.01. The Hall–Kier alpha value is -0.450. The first-order chi connectivity index (χ1) is 9.70. The molecule has 0 aromatic heterocycles. The Labute approximate surface area is 123 Å². The smallest absolute Gasteiger partial charge is 0.148 e. The molecule has 120 valence electrons. The normalized spacial score (nSPS) is 14.2. The second-order valence-corrected chi connectivity index (χ2v) is 5.65. The van der Waals surface area contributed by atoms with Crippen LogP contribution in [0.5, 0.6) is 0 Å². The minimum Gasteiger partial charge on any atom is -0.394 e. The van der Waals surface area contributed by atoms with Crippen LogP contribution < -0.4 is 0 Å². The van der Waals surface area contributed by atoms with E-state index in [1.165, 1.54) is 38.5 Å². The fourth-order valence-electron chi connectivity index (χ4n) is 2.31. The van der Waals surface area contributed by atoms with Gasteiger partial charge in [-0.25, -0.2) is 0 Å². The third-order valence-electron chi connectivity index (χ3n) is 3.66. The van der Waals surface area contributed by atoms with Crippen molar-refractivity contribution in [2.45, 2.75) is 89.3 Å². The molecule has 0 aromatic carbocycles. The number of rotatable bonds is 15. The number of hydrogen-bond donors (Lipinski definition) is 3. The zero-order valence-corrected chi connectivity index (χ0v) is 12.7. The van der Waals surface area contributed by atoms with Crippen LogP contribution in [0.2, 0.25) is 0 Å². The number of carbonyl (C=O) groups is 1. The number of aliphatic hydroxyl groups excluding tert-OH is 3. The van der Waals surface area contributed by atoms with Gasteiger partial charge < -0.3 is 20.1 Å². The van der Waals surface area contributed by atoms with Gasteiger partial charge in [-0.3, -0.25) is 0 Å². The van der Waals surface area contributed by atoms with Gasteiger partial charge in [0.1, 0.15) is 12.4 Å². The van der Waals surface area contributed by atoms with Crippen LogP contribution in [0.3, 0.4) is 0 Å². The van der Waals surface area contributed by atoms with Gasteiger partial charge in [-0.15, -0.1) is 0 Å². The maximum Gasteiger partial charge on any atom is 0.148 e. The first kappa shape index (κ1) is 19.6. The van der Waals surface area contributed by atoms with Gasteiger partial charge >= 0.3 is 0 Å². The number of aliphatic hydroxyl groups is 3. The minimum absolute atomic E-state index is 0.121. The van der Waals surface area contributed by atoms with E-state index < -0.39 is 12.2 Å². The molecule has 0 fully saturated rings. The van der Waals surface area contributed by atoms with E-state index in [1.807, 2.05) is 0 Å². The summed E-state index contributed by atoms with van der Waals surface area (Å²) in [5, 5.41) is 26.9. The predicted molar refractivity (Wildman–Crippen MR) is 80.6 cm³/mol. The van der Waals surface area contributed by atoms with E-state index in [1.54, 1.807) is 0 Å². The van der Waals surface area contributed by atoms with Gasteiger partial charge in [-0.1, -0.05) is 64.2 Å². The second-order valence-electron chi connectivity index (χ2n) is 5.65. The Morgan fingerprint density at radius 1 is 0.700 bits per heavy atom. The molecule has 0 aliphatic rings. The average Bonchev–Trinajstić information content (AvgIpc) is 2.47. The molecule has 0 aliphatic heterocycles. The molecule has 20 heavy (non-hydrogen) atoms. The summed E-state index contributed by atoms with van der Waals surface area (Å²) in [5.74, 6) is 0. The van der Waals surface area contributed by atoms with E-state index in [0.717, 1.165) is 25.7 Å². The molecule has 0 saturated heterocycles. The van der Waals surface area contributed by atoms with Crippen molar-refractivity contribution in [3.05, 3.63) is 0 Å². The summed E-state index contributed by atoms with van der Waals surface area (Å²) in [4.78, 5) is 10.2. The lowest BCUT2D eigenvalue weighted by Gasteiger charge is -2.06. The van der Waals surface area contributed by atoms with Crippen molar-refractivity contribution in [2.75, 3.05) is 6.61 Å². The molecular weight excluding hydrogens is 256 g/mol. The zero-order valence-electron chi connectivity index (χ0n) is 12.7. The molecule has 0 bridgehead atoms. The molecule has 0 saturated carbocycles. The van der Waals surface area contributed by atoms with E-state index in [9.17, 15) is 4.79 Å². The highest BCUT2D eigenvalue weighted by atomic mass is 16.3. The maximum atomic E-state index is 10.2. The molecule has 4 heteroatoms. The quantitative estimate of drug-likeness (QED) is 0.320. The van der Waals surface area contributed by atoms with Gasteiger partial charge in [0.05, 0.1) is 12.7 Å². The number of carbonyl (C=O) groups excluding carboxylic acids is 1. The van der Waals surface area contributed by atoms with E-state index in [0.29, 0.717) is 19.1 Å². The summed E-state index contributed by atoms with van der Waals surface area (Å²) in [7, 11) is 0. The fourth-order valence-corrected chi connectivity index (χ4v) is 2.31. The molecule has 0 aromatic rings. The largest absolute Gasteiger partial charge is 0.394 e. The lowest BCUT2D eigenvalue weighted by atomic mass is 10.0. The Morgan fingerprint density at radius 2 is 1.10 bits per heavy atom. The zero-order chi connectivity index (χ0) is 15.1. The van der Waals surface area contributed by atoms with Gasteiger partial charge in [0.2, 0.25) is 0 Å². The van der Waals surface area contributed by atoms with Crippen molar-refractivity contribution in [3.8, 4) is 0 Å². The van der Waals surface area contributed by atoms with Crippen molar-refractivity contribution in [3.63, 3.8) is 0 Å². The minimum atomic E-state index is -0.764. The molecule has 0 heterocycles. The van der Waals surface area contributed by atoms with Crippen LogP contribution in [-0.4, -0.2) is 40.4 Å². The van der Waals surface area contributed by atoms with Crippen LogP contribution in [0, 0.1) is 0 Å². The third-order valence-corrected chi connectivity index (χ3v) is 3.66. The Bertz CT molecular complexity index is 209. The molecule has 4 nitrogen and oxygen atoms in total. The van der Waals surface area contributed by atoms with Crippen LogP contribution in [0.25, 0.3) is 0 Å². The number of unbranched alkanes of at least 4 members (excludes halogenated alkanes) is 9. The standard InChI is InChI=1S/C16H32O4/c17-13-15(19)11-9-7-5-3-1-2-4-6-8-10-12-16(20)14-18/h13,15-16,18-20H,1-12,14H2. The van der Waals surface area contributed by atoms with E-state index in [-0.39, 0.29) is 6.61 Å². The van der Waals surface area contributed by atoms with Crippen molar-refractivity contribution in [1.29, 1.82) is 0 Å². The number of hydrogen-bond acceptors (Lipinski definition) is 4. The summed E-state index contributed by atoms with van der Waals surface area (Å²) in [6.07, 6.45) is 12.2. The maximum absolute atomic E-state index is 10.2. The molecule has 2 unspecified atom stereocenters. The van der Waals surface area contributed by atoms with Crippen LogP contribution in [0.15, 0.2) is 0 Å². The van der Waals surface area contributed by atoms with Crippen LogP contribution in [0.4, 0.5) is 0 Å². The predicted octanol–water partition coefficient (Wildman–Crippen LogP) is 2.58. The summed E-state index contributed by atoms with van der Waals surface area (Å²) in [6.45, 7) is -0.121. The van der Waals surface area contributed by atoms with Crippen molar-refractivity contribution >= 4 is 6.29 Å². The van der Waals surface area contributed by atoms with Crippen LogP contribution in [-0.2, 0) is 4.79 Å². The Balaban J connectivity index is 3.04. The molecular formula is C16H32O4. The van der Waals surface area contributed by atoms with Crippen molar-refractivity contribution in [1.82, 2.24) is 0 Å². The van der Waals surface area contributed by atoms with Crippen molar-refractivity contribution < 1.29 is 20.1 Å². The van der Waals surface area contributed by atoms with Crippen LogP contribution >= 0.6 is 0 Å². The molecule has 0 rings (SSSR count). The Morgan fingerprint density at radius 3 is 1.50 bits per heavy atom.